The van der Waals surface area contributed by atoms with E-state index in [0.717, 1.165) is 11.8 Å². The van der Waals surface area contributed by atoms with Crippen LogP contribution in [0.15, 0.2) is 22.8 Å². The van der Waals surface area contributed by atoms with Gasteiger partial charge in [-0.2, -0.15) is 0 Å². The quantitative estimate of drug-likeness (QED) is 0.580. The summed E-state index contributed by atoms with van der Waals surface area (Å²) in [6, 6.07) is 0. The largest absolute Gasteiger partial charge is 0.0633 e. The van der Waals surface area contributed by atoms with E-state index in [4.69, 9.17) is 0 Å². The summed E-state index contributed by atoms with van der Waals surface area (Å²) in [5.74, 6) is 1.44. The minimum Gasteiger partial charge on any atom is -0.0633 e. The second-order valence-electron chi connectivity index (χ2n) is 4.41. The van der Waals surface area contributed by atoms with Crippen molar-refractivity contribution >= 4 is 0 Å². The van der Waals surface area contributed by atoms with Gasteiger partial charge in [-0.25, -0.2) is 0 Å². The molecule has 0 aromatic carbocycles. The third kappa shape index (κ3) is 1.80. The van der Waals surface area contributed by atoms with Gasteiger partial charge in [0, 0.05) is 0 Å². The van der Waals surface area contributed by atoms with E-state index in [0.29, 0.717) is 0 Å². The molecule has 0 aromatic rings. The van der Waals surface area contributed by atoms with Crippen LogP contribution in [-0.4, -0.2) is 0 Å². The average molecular weight is 164 g/mol. The molecule has 0 saturated heterocycles. The molecule has 0 spiro atoms. The first-order chi connectivity index (χ1) is 5.52. The summed E-state index contributed by atoms with van der Waals surface area (Å²) in [5.41, 5.74) is 4.75. The van der Waals surface area contributed by atoms with E-state index in [1.807, 2.05) is 0 Å². The van der Waals surface area contributed by atoms with E-state index >= 15 is 0 Å². The molecule has 0 radical (unpaired) electrons. The van der Waals surface area contributed by atoms with Crippen LogP contribution in [0.4, 0.5) is 0 Å². The minimum absolute atomic E-state index is 0.719. The third-order valence-electron chi connectivity index (χ3n) is 2.74. The molecule has 1 aliphatic rings. The monoisotopic (exact) mass is 164 g/mol. The maximum absolute atomic E-state index is 2.38. The molecule has 0 amide bonds. The van der Waals surface area contributed by atoms with Gasteiger partial charge < -0.3 is 0 Å². The highest BCUT2D eigenvalue weighted by Crippen LogP contribution is 2.33. The van der Waals surface area contributed by atoms with E-state index in [-0.39, 0.29) is 0 Å². The SMILES string of the molecule is CC1=C(C(C)C)CC(C(C)C)=C1. The first kappa shape index (κ1) is 9.57. The van der Waals surface area contributed by atoms with Crippen molar-refractivity contribution in [2.75, 3.05) is 0 Å². The second-order valence-corrected chi connectivity index (χ2v) is 4.41. The van der Waals surface area contributed by atoms with Crippen molar-refractivity contribution < 1.29 is 0 Å². The zero-order chi connectivity index (χ0) is 9.30. The van der Waals surface area contributed by atoms with Gasteiger partial charge in [0.2, 0.25) is 0 Å². The van der Waals surface area contributed by atoms with Crippen LogP contribution in [0.2, 0.25) is 0 Å². The maximum atomic E-state index is 2.38. The second kappa shape index (κ2) is 3.47. The van der Waals surface area contributed by atoms with Gasteiger partial charge >= 0.3 is 0 Å². The van der Waals surface area contributed by atoms with Crippen molar-refractivity contribution in [1.82, 2.24) is 0 Å². The lowest BCUT2D eigenvalue weighted by Crippen LogP contribution is -1.96. The summed E-state index contributed by atoms with van der Waals surface area (Å²) in [6.07, 6.45) is 3.60. The van der Waals surface area contributed by atoms with E-state index in [1.54, 1.807) is 11.1 Å². The predicted molar refractivity (Wildman–Crippen MR) is 55.1 cm³/mol. The Morgan fingerprint density at radius 3 is 1.92 bits per heavy atom. The maximum Gasteiger partial charge on any atom is -0.00944 e. The van der Waals surface area contributed by atoms with E-state index in [9.17, 15) is 0 Å². The highest BCUT2D eigenvalue weighted by Gasteiger charge is 2.17. The zero-order valence-electron chi connectivity index (χ0n) is 8.94. The average Bonchev–Trinajstić information content (AvgIpc) is 2.30. The van der Waals surface area contributed by atoms with E-state index in [1.165, 1.54) is 12.0 Å². The molecule has 0 nitrogen and oxygen atoms in total. The van der Waals surface area contributed by atoms with Gasteiger partial charge in [-0.15, -0.1) is 0 Å². The molecular formula is C12H20. The van der Waals surface area contributed by atoms with Gasteiger partial charge in [0.05, 0.1) is 0 Å². The molecule has 0 fully saturated rings. The summed E-state index contributed by atoms with van der Waals surface area (Å²) in [7, 11) is 0. The summed E-state index contributed by atoms with van der Waals surface area (Å²) in [4.78, 5) is 0. The predicted octanol–water partition coefficient (Wildman–Crippen LogP) is 3.95. The molecule has 0 aliphatic heterocycles. The van der Waals surface area contributed by atoms with Crippen LogP contribution in [0.1, 0.15) is 41.0 Å². The van der Waals surface area contributed by atoms with Gasteiger partial charge in [0.25, 0.3) is 0 Å². The molecule has 1 aliphatic carbocycles. The first-order valence-corrected chi connectivity index (χ1v) is 4.92. The van der Waals surface area contributed by atoms with Crippen LogP contribution in [0.25, 0.3) is 0 Å². The minimum atomic E-state index is 0.719. The lowest BCUT2D eigenvalue weighted by molar-refractivity contribution is 0.693. The Kier molecular flexibility index (Phi) is 2.76. The summed E-state index contributed by atoms with van der Waals surface area (Å²) in [6.45, 7) is 11.4. The number of rotatable bonds is 2. The molecule has 0 heteroatoms. The van der Waals surface area contributed by atoms with Crippen LogP contribution < -0.4 is 0 Å². The van der Waals surface area contributed by atoms with Gasteiger partial charge in [-0.1, -0.05) is 50.5 Å². The molecule has 0 heterocycles. The Hall–Kier alpha value is -0.520. The lowest BCUT2D eigenvalue weighted by Gasteiger charge is -2.11. The topological polar surface area (TPSA) is 0 Å². The van der Waals surface area contributed by atoms with Gasteiger partial charge in [0.1, 0.15) is 0 Å². The Labute approximate surface area is 76.4 Å². The van der Waals surface area contributed by atoms with Crippen LogP contribution in [0.5, 0.6) is 0 Å². The summed E-state index contributed by atoms with van der Waals surface area (Å²) < 4.78 is 0. The fourth-order valence-corrected chi connectivity index (χ4v) is 1.81. The summed E-state index contributed by atoms with van der Waals surface area (Å²) in [5, 5.41) is 0. The van der Waals surface area contributed by atoms with Gasteiger partial charge in [-0.3, -0.25) is 0 Å². The summed E-state index contributed by atoms with van der Waals surface area (Å²) >= 11 is 0. The third-order valence-corrected chi connectivity index (χ3v) is 2.74. The number of hydrogen-bond acceptors (Lipinski definition) is 0. The molecule has 0 bridgehead atoms. The molecule has 0 saturated carbocycles. The van der Waals surface area contributed by atoms with E-state index < -0.39 is 0 Å². The van der Waals surface area contributed by atoms with Crippen molar-refractivity contribution in [2.24, 2.45) is 11.8 Å². The lowest BCUT2D eigenvalue weighted by atomic mass is 9.95. The standard InChI is InChI=1S/C12H20/c1-8(2)11-6-10(5)12(7-11)9(3)4/h6,8-9H,7H2,1-5H3. The molecule has 1 rings (SSSR count). The fourth-order valence-electron chi connectivity index (χ4n) is 1.81. The van der Waals surface area contributed by atoms with Crippen molar-refractivity contribution in [3.8, 4) is 0 Å². The molecular weight excluding hydrogens is 144 g/mol. The number of allylic oxidation sites excluding steroid dienone is 4. The highest BCUT2D eigenvalue weighted by molar-refractivity contribution is 5.39. The van der Waals surface area contributed by atoms with Crippen molar-refractivity contribution in [3.63, 3.8) is 0 Å². The molecule has 0 aromatic heterocycles. The smallest absolute Gasteiger partial charge is 0.00944 e. The zero-order valence-corrected chi connectivity index (χ0v) is 8.94. The normalized spacial score (nSPS) is 18.1. The Bertz CT molecular complexity index is 226. The fraction of sp³-hybridized carbons (Fsp3) is 0.667. The van der Waals surface area contributed by atoms with Crippen LogP contribution in [0, 0.1) is 11.8 Å². The van der Waals surface area contributed by atoms with Crippen LogP contribution >= 0.6 is 0 Å². The Morgan fingerprint density at radius 2 is 1.67 bits per heavy atom. The molecule has 0 unspecified atom stereocenters. The van der Waals surface area contributed by atoms with Gasteiger partial charge in [-0.05, 0) is 25.2 Å². The van der Waals surface area contributed by atoms with Crippen molar-refractivity contribution in [3.05, 3.63) is 22.8 Å². The number of hydrogen-bond donors (Lipinski definition) is 0. The Morgan fingerprint density at radius 1 is 1.08 bits per heavy atom. The van der Waals surface area contributed by atoms with Crippen LogP contribution in [-0.2, 0) is 0 Å². The molecule has 12 heavy (non-hydrogen) atoms. The highest BCUT2D eigenvalue weighted by atomic mass is 14.2. The Balaban J connectivity index is 2.73. The molecule has 68 valence electrons. The van der Waals surface area contributed by atoms with Crippen molar-refractivity contribution in [2.45, 2.75) is 41.0 Å². The first-order valence-electron chi connectivity index (χ1n) is 4.92. The van der Waals surface area contributed by atoms with Crippen molar-refractivity contribution in [1.29, 1.82) is 0 Å². The molecule has 0 atom stereocenters. The van der Waals surface area contributed by atoms with E-state index in [2.05, 4.69) is 40.7 Å². The van der Waals surface area contributed by atoms with Crippen LogP contribution in [0.3, 0.4) is 0 Å². The van der Waals surface area contributed by atoms with Gasteiger partial charge in [0.15, 0.2) is 0 Å². The molecule has 0 N–H and O–H groups in total.